The summed E-state index contributed by atoms with van der Waals surface area (Å²) in [6.07, 6.45) is -1.36. The molecule has 4 atom stereocenters. The Morgan fingerprint density at radius 2 is 1.96 bits per heavy atom. The van der Waals surface area contributed by atoms with E-state index in [2.05, 4.69) is 20.3 Å². The number of nitrogens with one attached hydrogen (secondary N) is 1. The van der Waals surface area contributed by atoms with Gasteiger partial charge in [0.2, 0.25) is 0 Å². The summed E-state index contributed by atoms with van der Waals surface area (Å²) < 4.78 is 7.06. The molecule has 3 heterocycles. The lowest BCUT2D eigenvalue weighted by atomic mass is 10.1. The maximum Gasteiger partial charge on any atom is 0.167 e. The number of halogens is 1. The van der Waals surface area contributed by atoms with Crippen molar-refractivity contribution in [2.24, 2.45) is 0 Å². The molecule has 10 heteroatoms. The number of anilines is 1. The summed E-state index contributed by atoms with van der Waals surface area (Å²) in [6.45, 7) is 0.0491. The molecule has 0 saturated carbocycles. The van der Waals surface area contributed by atoms with Gasteiger partial charge in [-0.1, -0.05) is 29.8 Å². The summed E-state index contributed by atoms with van der Waals surface area (Å²) in [7, 11) is 0. The monoisotopic (exact) mass is 391 g/mol. The van der Waals surface area contributed by atoms with Gasteiger partial charge in [0.25, 0.3) is 0 Å². The van der Waals surface area contributed by atoms with Crippen LogP contribution in [0.3, 0.4) is 0 Å². The molecule has 9 nitrogen and oxygen atoms in total. The average Bonchev–Trinajstić information content (AvgIpc) is 3.23. The number of rotatable bonds is 5. The van der Waals surface area contributed by atoms with Gasteiger partial charge < -0.3 is 25.4 Å². The largest absolute Gasteiger partial charge is 0.394 e. The third kappa shape index (κ3) is 3.24. The number of hydrogen-bond acceptors (Lipinski definition) is 8. The van der Waals surface area contributed by atoms with E-state index in [0.717, 1.165) is 5.56 Å². The first-order valence-electron chi connectivity index (χ1n) is 8.37. The number of nitrogens with zero attached hydrogens (tertiary/aromatic N) is 4. The van der Waals surface area contributed by atoms with Gasteiger partial charge in [-0.05, 0) is 11.6 Å². The maximum absolute atomic E-state index is 10.2. The number of aliphatic hydroxyl groups excluding tert-OH is 3. The first-order valence-corrected chi connectivity index (χ1v) is 8.75. The molecule has 1 saturated heterocycles. The Morgan fingerprint density at radius 3 is 2.70 bits per heavy atom. The lowest BCUT2D eigenvalue weighted by molar-refractivity contribution is -0.0511. The van der Waals surface area contributed by atoms with E-state index in [4.69, 9.17) is 16.3 Å². The molecule has 1 aliphatic rings. The Balaban J connectivity index is 1.61. The molecule has 1 aromatic carbocycles. The molecule has 1 fully saturated rings. The van der Waals surface area contributed by atoms with Gasteiger partial charge in [0, 0.05) is 11.6 Å². The third-order valence-electron chi connectivity index (χ3n) is 4.55. The van der Waals surface area contributed by atoms with E-state index >= 15 is 0 Å². The summed E-state index contributed by atoms with van der Waals surface area (Å²) in [5.41, 5.74) is 1.83. The van der Waals surface area contributed by atoms with E-state index in [0.29, 0.717) is 28.5 Å². The van der Waals surface area contributed by atoms with Crippen LogP contribution >= 0.6 is 11.6 Å². The van der Waals surface area contributed by atoms with Crippen molar-refractivity contribution in [2.75, 3.05) is 11.9 Å². The van der Waals surface area contributed by atoms with Crippen LogP contribution in [0.15, 0.2) is 36.9 Å². The standard InChI is InChI=1S/C17H18ClN5O4/c18-10-4-2-1-3-9(10)5-19-15-12-16(21-7-20-15)23(8-22-12)17-14(26)13(25)11(6-24)27-17/h1-4,7-8,11,13-14,17,24-26H,5-6H2,(H,19,20,21)/t11-,13-,14+,17-/m1/s1. The van der Waals surface area contributed by atoms with Crippen molar-refractivity contribution in [1.82, 2.24) is 19.5 Å². The van der Waals surface area contributed by atoms with E-state index in [1.165, 1.54) is 17.2 Å². The molecule has 0 amide bonds. The predicted molar refractivity (Wildman–Crippen MR) is 97.1 cm³/mol. The zero-order chi connectivity index (χ0) is 19.0. The van der Waals surface area contributed by atoms with Crippen molar-refractivity contribution < 1.29 is 20.1 Å². The molecule has 0 radical (unpaired) electrons. The second-order valence-electron chi connectivity index (χ2n) is 6.22. The van der Waals surface area contributed by atoms with E-state index < -0.39 is 31.1 Å². The molecule has 0 unspecified atom stereocenters. The zero-order valence-electron chi connectivity index (χ0n) is 14.1. The Labute approximate surface area is 159 Å². The summed E-state index contributed by atoms with van der Waals surface area (Å²) in [6, 6.07) is 7.47. The highest BCUT2D eigenvalue weighted by molar-refractivity contribution is 6.31. The smallest absolute Gasteiger partial charge is 0.167 e. The maximum atomic E-state index is 10.2. The Bertz CT molecular complexity index is 952. The molecule has 142 valence electrons. The van der Waals surface area contributed by atoms with Crippen molar-refractivity contribution in [1.29, 1.82) is 0 Å². The van der Waals surface area contributed by atoms with Crippen LogP contribution < -0.4 is 5.32 Å². The zero-order valence-corrected chi connectivity index (χ0v) is 14.9. The van der Waals surface area contributed by atoms with Gasteiger partial charge in [0.15, 0.2) is 23.2 Å². The fourth-order valence-electron chi connectivity index (χ4n) is 3.10. The SMILES string of the molecule is OC[C@H]1O[C@@H](n2cnc3c(NCc4ccccc4Cl)ncnc32)[C@@H](O)[C@@H]1O. The van der Waals surface area contributed by atoms with Gasteiger partial charge in [-0.3, -0.25) is 4.57 Å². The molecule has 0 bridgehead atoms. The van der Waals surface area contributed by atoms with E-state index in [-0.39, 0.29) is 0 Å². The van der Waals surface area contributed by atoms with Gasteiger partial charge in [-0.2, -0.15) is 0 Å². The van der Waals surface area contributed by atoms with Crippen LogP contribution in [-0.4, -0.2) is 59.8 Å². The molecular formula is C17H18ClN5O4. The van der Waals surface area contributed by atoms with Crippen LogP contribution in [0.5, 0.6) is 0 Å². The minimum atomic E-state index is -1.21. The second-order valence-corrected chi connectivity index (χ2v) is 6.63. The molecule has 0 spiro atoms. The summed E-state index contributed by atoms with van der Waals surface area (Å²) in [4.78, 5) is 12.8. The minimum absolute atomic E-state index is 0.402. The van der Waals surface area contributed by atoms with Gasteiger partial charge >= 0.3 is 0 Å². The lowest BCUT2D eigenvalue weighted by Crippen LogP contribution is -2.33. The molecule has 27 heavy (non-hydrogen) atoms. The van der Waals surface area contributed by atoms with E-state index in [9.17, 15) is 15.3 Å². The highest BCUT2D eigenvalue weighted by Crippen LogP contribution is 2.32. The lowest BCUT2D eigenvalue weighted by Gasteiger charge is -2.16. The molecule has 4 rings (SSSR count). The first-order chi connectivity index (χ1) is 13.1. The van der Waals surface area contributed by atoms with Gasteiger partial charge in [0.1, 0.15) is 24.6 Å². The molecule has 3 aromatic rings. The Kier molecular flexibility index (Phi) is 4.94. The van der Waals surface area contributed by atoms with Crippen LogP contribution in [-0.2, 0) is 11.3 Å². The Morgan fingerprint density at radius 1 is 1.15 bits per heavy atom. The molecule has 4 N–H and O–H groups in total. The quantitative estimate of drug-likeness (QED) is 0.501. The summed E-state index contributed by atoms with van der Waals surface area (Å²) in [5.74, 6) is 0.505. The summed E-state index contributed by atoms with van der Waals surface area (Å²) >= 11 is 6.18. The highest BCUT2D eigenvalue weighted by atomic mass is 35.5. The van der Waals surface area contributed by atoms with Crippen molar-refractivity contribution >= 4 is 28.6 Å². The number of aliphatic hydroxyl groups is 3. The molecule has 1 aliphatic heterocycles. The van der Waals surface area contributed by atoms with Crippen LogP contribution in [0.1, 0.15) is 11.8 Å². The van der Waals surface area contributed by atoms with Crippen molar-refractivity contribution in [3.8, 4) is 0 Å². The first kappa shape index (κ1) is 18.1. The van der Waals surface area contributed by atoms with Crippen LogP contribution in [0, 0.1) is 0 Å². The second kappa shape index (κ2) is 7.37. The van der Waals surface area contributed by atoms with Gasteiger partial charge in [-0.25, -0.2) is 15.0 Å². The van der Waals surface area contributed by atoms with Crippen molar-refractivity contribution in [3.05, 3.63) is 47.5 Å². The molecule has 2 aromatic heterocycles. The van der Waals surface area contributed by atoms with Crippen molar-refractivity contribution in [2.45, 2.75) is 31.1 Å². The number of aromatic nitrogens is 4. The normalized spacial score (nSPS) is 25.2. The topological polar surface area (TPSA) is 126 Å². The highest BCUT2D eigenvalue weighted by Gasteiger charge is 2.44. The number of imidazole rings is 1. The average molecular weight is 392 g/mol. The van der Waals surface area contributed by atoms with Crippen LogP contribution in [0.2, 0.25) is 5.02 Å². The molecule has 0 aliphatic carbocycles. The third-order valence-corrected chi connectivity index (χ3v) is 4.92. The van der Waals surface area contributed by atoms with E-state index in [1.54, 1.807) is 0 Å². The minimum Gasteiger partial charge on any atom is -0.394 e. The number of ether oxygens (including phenoxy) is 1. The number of hydrogen-bond donors (Lipinski definition) is 4. The number of fused-ring (bicyclic) bond motifs is 1. The van der Waals surface area contributed by atoms with Crippen LogP contribution in [0.4, 0.5) is 5.82 Å². The fraction of sp³-hybridized carbons (Fsp3) is 0.353. The van der Waals surface area contributed by atoms with Gasteiger partial charge in [-0.15, -0.1) is 0 Å². The number of benzene rings is 1. The Hall–Kier alpha value is -2.30. The van der Waals surface area contributed by atoms with Crippen molar-refractivity contribution in [3.63, 3.8) is 0 Å². The van der Waals surface area contributed by atoms with Gasteiger partial charge in [0.05, 0.1) is 12.9 Å². The molecular weight excluding hydrogens is 374 g/mol. The summed E-state index contributed by atoms with van der Waals surface area (Å²) in [5, 5.41) is 33.3. The fourth-order valence-corrected chi connectivity index (χ4v) is 3.30. The van der Waals surface area contributed by atoms with E-state index in [1.807, 2.05) is 24.3 Å². The predicted octanol–water partition coefficient (Wildman–Crippen LogP) is 0.703. The van der Waals surface area contributed by atoms with Crippen LogP contribution in [0.25, 0.3) is 11.2 Å².